The van der Waals surface area contributed by atoms with E-state index in [-0.39, 0.29) is 0 Å². The molecule has 3 rings (SSSR count). The lowest BCUT2D eigenvalue weighted by Crippen LogP contribution is -2.20. The summed E-state index contributed by atoms with van der Waals surface area (Å²) in [4.78, 5) is 18.5. The van der Waals surface area contributed by atoms with Crippen molar-refractivity contribution in [1.82, 2.24) is 9.38 Å². The summed E-state index contributed by atoms with van der Waals surface area (Å²) in [6, 6.07) is 0. The quantitative estimate of drug-likeness (QED) is 0.568. The first-order chi connectivity index (χ1) is 7.40. The third-order valence-corrected chi connectivity index (χ3v) is 3.27. The van der Waals surface area contributed by atoms with Crippen LogP contribution in [0, 0.1) is 0 Å². The van der Waals surface area contributed by atoms with Gasteiger partial charge < -0.3 is 4.90 Å². The zero-order valence-corrected chi connectivity index (χ0v) is 8.78. The lowest BCUT2D eigenvalue weighted by molar-refractivity contribution is 0.111. The van der Waals surface area contributed by atoms with E-state index in [0.29, 0.717) is 5.69 Å². The second-order valence-electron chi connectivity index (χ2n) is 3.37. The summed E-state index contributed by atoms with van der Waals surface area (Å²) in [5, 5.41) is 1.93. The zero-order valence-electron chi connectivity index (χ0n) is 7.96. The fourth-order valence-electron chi connectivity index (χ4n) is 1.79. The summed E-state index contributed by atoms with van der Waals surface area (Å²) in [5.41, 5.74) is 0.648. The van der Waals surface area contributed by atoms with E-state index in [1.807, 2.05) is 16.0 Å². The molecule has 4 nitrogen and oxygen atoms in total. The maximum absolute atomic E-state index is 11.1. The van der Waals surface area contributed by atoms with Crippen LogP contribution >= 0.6 is 11.3 Å². The molecule has 1 aliphatic rings. The second kappa shape index (κ2) is 3.20. The van der Waals surface area contributed by atoms with Crippen LogP contribution in [0.4, 0.5) is 5.82 Å². The molecule has 0 unspecified atom stereocenters. The highest BCUT2D eigenvalue weighted by Gasteiger charge is 2.18. The molecule has 0 fully saturated rings. The van der Waals surface area contributed by atoms with Gasteiger partial charge in [-0.1, -0.05) is 12.2 Å². The number of fused-ring (bicyclic) bond motifs is 1. The van der Waals surface area contributed by atoms with Crippen molar-refractivity contribution in [1.29, 1.82) is 0 Å². The Morgan fingerprint density at radius 1 is 1.40 bits per heavy atom. The molecule has 2 aromatic rings. The van der Waals surface area contributed by atoms with Gasteiger partial charge in [-0.2, -0.15) is 0 Å². The number of carbonyl (C=O) groups excluding carboxylic acids is 1. The summed E-state index contributed by atoms with van der Waals surface area (Å²) >= 11 is 1.54. The Balaban J connectivity index is 2.16. The molecule has 0 aliphatic carbocycles. The first kappa shape index (κ1) is 8.67. The molecule has 0 saturated heterocycles. The number of imidazole rings is 1. The van der Waals surface area contributed by atoms with Gasteiger partial charge in [0, 0.05) is 24.7 Å². The largest absolute Gasteiger partial charge is 0.347 e. The van der Waals surface area contributed by atoms with Crippen molar-refractivity contribution in [2.24, 2.45) is 0 Å². The molecule has 5 heteroatoms. The number of hydrogen-bond acceptors (Lipinski definition) is 4. The van der Waals surface area contributed by atoms with E-state index < -0.39 is 0 Å². The van der Waals surface area contributed by atoms with Gasteiger partial charge in [0.05, 0.1) is 0 Å². The van der Waals surface area contributed by atoms with E-state index in [4.69, 9.17) is 0 Å². The number of hydrogen-bond donors (Lipinski definition) is 0. The molecule has 0 saturated carbocycles. The first-order valence-corrected chi connectivity index (χ1v) is 5.59. The number of aldehydes is 1. The predicted octanol–water partition coefficient (Wildman–Crippen LogP) is 1.58. The predicted molar refractivity (Wildman–Crippen MR) is 59.8 cm³/mol. The highest BCUT2D eigenvalue weighted by molar-refractivity contribution is 7.15. The minimum absolute atomic E-state index is 0.648. The fourth-order valence-corrected chi connectivity index (χ4v) is 2.50. The number of carbonyl (C=O) groups is 1. The Morgan fingerprint density at radius 3 is 2.93 bits per heavy atom. The van der Waals surface area contributed by atoms with Crippen molar-refractivity contribution in [3.63, 3.8) is 0 Å². The third kappa shape index (κ3) is 1.20. The molecule has 0 spiro atoms. The highest BCUT2D eigenvalue weighted by atomic mass is 32.1. The molecule has 15 heavy (non-hydrogen) atoms. The normalized spacial score (nSPS) is 15.3. The highest BCUT2D eigenvalue weighted by Crippen LogP contribution is 2.24. The van der Waals surface area contributed by atoms with Crippen LogP contribution in [0.1, 0.15) is 10.5 Å². The van der Waals surface area contributed by atoms with Crippen LogP contribution in [-0.4, -0.2) is 28.8 Å². The molecular formula is C10H9N3OS. The van der Waals surface area contributed by atoms with Gasteiger partial charge in [-0.3, -0.25) is 9.20 Å². The Labute approximate surface area is 90.5 Å². The van der Waals surface area contributed by atoms with Crippen molar-refractivity contribution < 1.29 is 4.79 Å². The molecule has 1 aliphatic heterocycles. The number of nitrogens with zero attached hydrogens (tertiary/aromatic N) is 3. The van der Waals surface area contributed by atoms with Crippen LogP contribution < -0.4 is 4.90 Å². The van der Waals surface area contributed by atoms with Crippen molar-refractivity contribution >= 4 is 28.4 Å². The van der Waals surface area contributed by atoms with Gasteiger partial charge in [-0.05, 0) is 0 Å². The molecule has 3 heterocycles. The van der Waals surface area contributed by atoms with Crippen LogP contribution in [0.3, 0.4) is 0 Å². The Morgan fingerprint density at radius 2 is 2.20 bits per heavy atom. The van der Waals surface area contributed by atoms with Crippen LogP contribution in [-0.2, 0) is 0 Å². The van der Waals surface area contributed by atoms with Crippen LogP contribution in [0.15, 0.2) is 23.7 Å². The number of thiazole rings is 1. The smallest absolute Gasteiger partial charge is 0.196 e. The minimum Gasteiger partial charge on any atom is -0.347 e. The standard InChI is InChI=1S/C10H9N3OS/c14-7-8-9(12-3-1-2-4-12)11-10-13(8)5-6-15-10/h1-2,5-7H,3-4H2. The number of rotatable bonds is 2. The summed E-state index contributed by atoms with van der Waals surface area (Å²) in [6.07, 6.45) is 6.92. The number of anilines is 1. The molecule has 2 aromatic heterocycles. The summed E-state index contributed by atoms with van der Waals surface area (Å²) in [6.45, 7) is 1.68. The lowest BCUT2D eigenvalue weighted by Gasteiger charge is -2.14. The maximum atomic E-state index is 11.1. The molecule has 76 valence electrons. The van der Waals surface area contributed by atoms with Crippen LogP contribution in [0.25, 0.3) is 4.96 Å². The molecule has 0 atom stereocenters. The third-order valence-electron chi connectivity index (χ3n) is 2.51. The second-order valence-corrected chi connectivity index (χ2v) is 4.24. The molecular weight excluding hydrogens is 210 g/mol. The Bertz CT molecular complexity index is 532. The van der Waals surface area contributed by atoms with E-state index in [2.05, 4.69) is 22.0 Å². The molecule has 0 bridgehead atoms. The summed E-state index contributed by atoms with van der Waals surface area (Å²) < 4.78 is 1.84. The van der Waals surface area contributed by atoms with Crippen LogP contribution in [0.5, 0.6) is 0 Å². The minimum atomic E-state index is 0.648. The molecule has 0 aromatic carbocycles. The molecule has 0 amide bonds. The zero-order chi connectivity index (χ0) is 10.3. The average molecular weight is 219 g/mol. The van der Waals surface area contributed by atoms with Crippen molar-refractivity contribution in [3.8, 4) is 0 Å². The Hall–Kier alpha value is -1.62. The maximum Gasteiger partial charge on any atom is 0.196 e. The molecule has 0 N–H and O–H groups in total. The van der Waals surface area contributed by atoms with E-state index in [1.165, 1.54) is 0 Å². The van der Waals surface area contributed by atoms with Gasteiger partial charge in [0.15, 0.2) is 17.1 Å². The van der Waals surface area contributed by atoms with Crippen molar-refractivity contribution in [3.05, 3.63) is 29.4 Å². The van der Waals surface area contributed by atoms with E-state index in [1.54, 1.807) is 11.3 Å². The average Bonchev–Trinajstić information content (AvgIpc) is 2.93. The Kier molecular flexibility index (Phi) is 1.85. The van der Waals surface area contributed by atoms with E-state index in [0.717, 1.165) is 30.2 Å². The summed E-state index contributed by atoms with van der Waals surface area (Å²) in [7, 11) is 0. The van der Waals surface area contributed by atoms with Gasteiger partial charge in [0.2, 0.25) is 0 Å². The van der Waals surface area contributed by atoms with Crippen molar-refractivity contribution in [2.45, 2.75) is 0 Å². The number of aromatic nitrogens is 2. The van der Waals surface area contributed by atoms with Gasteiger partial charge in [0.25, 0.3) is 0 Å². The first-order valence-electron chi connectivity index (χ1n) is 4.71. The monoisotopic (exact) mass is 219 g/mol. The van der Waals surface area contributed by atoms with Crippen LogP contribution in [0.2, 0.25) is 0 Å². The van der Waals surface area contributed by atoms with E-state index in [9.17, 15) is 4.79 Å². The fraction of sp³-hybridized carbons (Fsp3) is 0.200. The lowest BCUT2D eigenvalue weighted by atomic mass is 10.4. The van der Waals surface area contributed by atoms with Gasteiger partial charge in [-0.25, -0.2) is 4.98 Å². The van der Waals surface area contributed by atoms with Gasteiger partial charge >= 0.3 is 0 Å². The topological polar surface area (TPSA) is 37.6 Å². The van der Waals surface area contributed by atoms with Gasteiger partial charge in [-0.15, -0.1) is 11.3 Å². The van der Waals surface area contributed by atoms with E-state index >= 15 is 0 Å². The van der Waals surface area contributed by atoms with Gasteiger partial charge in [0.1, 0.15) is 5.69 Å². The molecule has 0 radical (unpaired) electrons. The van der Waals surface area contributed by atoms with Crippen molar-refractivity contribution in [2.75, 3.05) is 18.0 Å². The summed E-state index contributed by atoms with van der Waals surface area (Å²) in [5.74, 6) is 0.793. The SMILES string of the molecule is O=Cc1c(N2CC=CC2)nc2sccn12.